The number of anilines is 1. The number of fused-ring (bicyclic) bond motifs is 3. The van der Waals surface area contributed by atoms with Crippen LogP contribution >= 0.6 is 11.6 Å². The SMILES string of the molecule is Cc1ccc2[nH]nnc2c1-c1c(Cl)c2c3c(ncnc3c1F)N1CCNC[C@H]1CO2. The first kappa shape index (κ1) is 17.8. The number of H-pyrrole nitrogens is 1. The highest BCUT2D eigenvalue weighted by Gasteiger charge is 2.34. The van der Waals surface area contributed by atoms with E-state index in [0.717, 1.165) is 25.2 Å². The number of hydrogen-bond acceptors (Lipinski definition) is 7. The van der Waals surface area contributed by atoms with Crippen molar-refractivity contribution in [2.45, 2.75) is 13.0 Å². The number of benzene rings is 2. The van der Waals surface area contributed by atoms with Gasteiger partial charge in [0.2, 0.25) is 0 Å². The van der Waals surface area contributed by atoms with E-state index in [1.165, 1.54) is 6.33 Å². The molecular formula is C20H17ClFN7O. The van der Waals surface area contributed by atoms with E-state index >= 15 is 4.39 Å². The number of rotatable bonds is 1. The first-order valence-electron chi connectivity index (χ1n) is 9.71. The Morgan fingerprint density at radius 2 is 2.13 bits per heavy atom. The number of aromatic nitrogens is 5. The minimum atomic E-state index is -0.516. The Morgan fingerprint density at radius 1 is 1.23 bits per heavy atom. The highest BCUT2D eigenvalue weighted by molar-refractivity contribution is 6.37. The zero-order valence-corrected chi connectivity index (χ0v) is 16.8. The Hall–Kier alpha value is -3.04. The number of aromatic amines is 1. The molecule has 0 aliphatic carbocycles. The lowest BCUT2D eigenvalue weighted by atomic mass is 9.96. The number of nitrogens with zero attached hydrogens (tertiary/aromatic N) is 5. The van der Waals surface area contributed by atoms with Crippen LogP contribution in [0.1, 0.15) is 5.56 Å². The van der Waals surface area contributed by atoms with E-state index in [-0.39, 0.29) is 22.1 Å². The van der Waals surface area contributed by atoms with Gasteiger partial charge < -0.3 is 15.0 Å². The van der Waals surface area contributed by atoms with Gasteiger partial charge in [0.15, 0.2) is 11.6 Å². The molecule has 0 amide bonds. The van der Waals surface area contributed by atoms with Crippen LogP contribution in [0.3, 0.4) is 0 Å². The van der Waals surface area contributed by atoms with Crippen LogP contribution in [0.25, 0.3) is 33.1 Å². The first-order valence-corrected chi connectivity index (χ1v) is 10.1. The largest absolute Gasteiger partial charge is 0.489 e. The summed E-state index contributed by atoms with van der Waals surface area (Å²) in [6.07, 6.45) is 1.40. The van der Waals surface area contributed by atoms with Crippen LogP contribution in [0.15, 0.2) is 18.5 Å². The summed E-state index contributed by atoms with van der Waals surface area (Å²) in [5, 5.41) is 14.9. The van der Waals surface area contributed by atoms with Crippen molar-refractivity contribution in [1.29, 1.82) is 0 Å². The molecule has 2 aromatic carbocycles. The maximum atomic E-state index is 16.0. The summed E-state index contributed by atoms with van der Waals surface area (Å²) in [7, 11) is 0. The average Bonchev–Trinajstić information content (AvgIpc) is 3.17. The van der Waals surface area contributed by atoms with Crippen molar-refractivity contribution in [3.63, 3.8) is 0 Å². The quantitative estimate of drug-likeness (QED) is 0.484. The van der Waals surface area contributed by atoms with Crippen LogP contribution in [0.5, 0.6) is 5.75 Å². The second-order valence-electron chi connectivity index (χ2n) is 7.58. The van der Waals surface area contributed by atoms with E-state index in [2.05, 4.69) is 35.6 Å². The second-order valence-corrected chi connectivity index (χ2v) is 7.96. The van der Waals surface area contributed by atoms with Crippen molar-refractivity contribution in [1.82, 2.24) is 30.7 Å². The third-order valence-electron chi connectivity index (χ3n) is 5.90. The van der Waals surface area contributed by atoms with Crippen molar-refractivity contribution in [2.24, 2.45) is 0 Å². The molecular weight excluding hydrogens is 409 g/mol. The fraction of sp³-hybridized carbons (Fsp3) is 0.300. The summed E-state index contributed by atoms with van der Waals surface area (Å²) in [5.41, 5.74) is 3.06. The van der Waals surface area contributed by atoms with E-state index in [1.54, 1.807) is 0 Å². The number of halogens is 2. The van der Waals surface area contributed by atoms with Crippen LogP contribution in [0.2, 0.25) is 5.02 Å². The smallest absolute Gasteiger partial charge is 0.159 e. The lowest BCUT2D eigenvalue weighted by molar-refractivity contribution is 0.274. The molecule has 2 N–H and O–H groups in total. The van der Waals surface area contributed by atoms with Gasteiger partial charge >= 0.3 is 0 Å². The van der Waals surface area contributed by atoms with E-state index < -0.39 is 5.82 Å². The van der Waals surface area contributed by atoms with Crippen molar-refractivity contribution in [3.8, 4) is 16.9 Å². The molecule has 10 heteroatoms. The summed E-state index contributed by atoms with van der Waals surface area (Å²) in [5.74, 6) is 0.550. The molecule has 0 bridgehead atoms. The number of piperazine rings is 1. The monoisotopic (exact) mass is 425 g/mol. The van der Waals surface area contributed by atoms with Gasteiger partial charge in [0.05, 0.1) is 22.0 Å². The molecule has 0 spiro atoms. The molecule has 6 rings (SSSR count). The Balaban J connectivity index is 1.71. The van der Waals surface area contributed by atoms with Crippen molar-refractivity contribution in [3.05, 3.63) is 34.9 Å². The molecule has 0 radical (unpaired) electrons. The van der Waals surface area contributed by atoms with Crippen molar-refractivity contribution in [2.75, 3.05) is 31.1 Å². The number of aryl methyl sites for hydroxylation is 1. The van der Waals surface area contributed by atoms with Gasteiger partial charge in [-0.25, -0.2) is 14.4 Å². The van der Waals surface area contributed by atoms with Gasteiger partial charge in [-0.05, 0) is 18.6 Å². The molecule has 30 heavy (non-hydrogen) atoms. The zero-order chi connectivity index (χ0) is 20.4. The Morgan fingerprint density at radius 3 is 3.03 bits per heavy atom. The van der Waals surface area contributed by atoms with Crippen LogP contribution < -0.4 is 15.0 Å². The summed E-state index contributed by atoms with van der Waals surface area (Å²) in [4.78, 5) is 10.9. The third-order valence-corrected chi connectivity index (χ3v) is 6.26. The van der Waals surface area contributed by atoms with Crippen molar-refractivity contribution < 1.29 is 9.13 Å². The normalized spacial score (nSPS) is 18.4. The van der Waals surface area contributed by atoms with Gasteiger partial charge in [0, 0.05) is 30.8 Å². The number of hydrogen-bond donors (Lipinski definition) is 2. The van der Waals surface area contributed by atoms with Crippen molar-refractivity contribution >= 4 is 39.4 Å². The van der Waals surface area contributed by atoms with Gasteiger partial charge in [0.25, 0.3) is 0 Å². The maximum Gasteiger partial charge on any atom is 0.159 e. The molecule has 2 aliphatic rings. The summed E-state index contributed by atoms with van der Waals surface area (Å²) in [6.45, 7) is 4.62. The Kier molecular flexibility index (Phi) is 3.84. The van der Waals surface area contributed by atoms with Crippen LogP contribution in [-0.4, -0.2) is 57.7 Å². The zero-order valence-electron chi connectivity index (χ0n) is 16.0. The lowest BCUT2D eigenvalue weighted by Crippen LogP contribution is -2.53. The predicted octanol–water partition coefficient (Wildman–Crippen LogP) is 2.84. The number of ether oxygens (including phenoxy) is 1. The van der Waals surface area contributed by atoms with E-state index in [1.807, 2.05) is 19.1 Å². The number of nitrogens with one attached hydrogen (secondary N) is 2. The van der Waals surface area contributed by atoms with Crippen LogP contribution in [0, 0.1) is 12.7 Å². The highest BCUT2D eigenvalue weighted by atomic mass is 35.5. The molecule has 0 saturated carbocycles. The molecule has 1 saturated heterocycles. The molecule has 1 atom stereocenters. The summed E-state index contributed by atoms with van der Waals surface area (Å²) in [6, 6.07) is 3.82. The van der Waals surface area contributed by atoms with Gasteiger partial charge in [-0.1, -0.05) is 22.9 Å². The molecule has 4 heterocycles. The minimum Gasteiger partial charge on any atom is -0.489 e. The average molecular weight is 426 g/mol. The van der Waals surface area contributed by atoms with Gasteiger partial charge in [-0.15, -0.1) is 5.10 Å². The fourth-order valence-electron chi connectivity index (χ4n) is 4.46. The molecule has 4 aromatic rings. The molecule has 2 aromatic heterocycles. The molecule has 0 unspecified atom stereocenters. The summed E-state index contributed by atoms with van der Waals surface area (Å²) < 4.78 is 22.2. The fourth-order valence-corrected chi connectivity index (χ4v) is 4.79. The van der Waals surface area contributed by atoms with Gasteiger partial charge in [0.1, 0.15) is 29.8 Å². The maximum absolute atomic E-state index is 16.0. The van der Waals surface area contributed by atoms with E-state index in [0.29, 0.717) is 40.2 Å². The first-order chi connectivity index (χ1) is 14.6. The lowest BCUT2D eigenvalue weighted by Gasteiger charge is -2.35. The predicted molar refractivity (Wildman–Crippen MR) is 112 cm³/mol. The second kappa shape index (κ2) is 6.48. The standard InChI is InChI=1S/C20H17ClFN7O/c1-9-2-3-11-17(27-28-26-11)12(9)13-15(21)19-14-18(16(13)22)24-8-25-20(14)29-5-4-23-6-10(29)7-30-19/h2-3,8,10,23H,4-7H2,1H3,(H,26,27,28)/t10-/m0/s1. The highest BCUT2D eigenvalue weighted by Crippen LogP contribution is 2.48. The molecule has 152 valence electrons. The van der Waals surface area contributed by atoms with Crippen LogP contribution in [0.4, 0.5) is 10.2 Å². The third kappa shape index (κ3) is 2.36. The molecule has 1 fully saturated rings. The van der Waals surface area contributed by atoms with Crippen LogP contribution in [-0.2, 0) is 0 Å². The van der Waals surface area contributed by atoms with E-state index in [4.69, 9.17) is 16.3 Å². The van der Waals surface area contributed by atoms with Gasteiger partial charge in [-0.3, -0.25) is 5.10 Å². The molecule has 2 aliphatic heterocycles. The minimum absolute atomic E-state index is 0.0764. The molecule has 8 nitrogen and oxygen atoms in total. The Labute approximate surface area is 175 Å². The topological polar surface area (TPSA) is 91.8 Å². The van der Waals surface area contributed by atoms with Gasteiger partial charge in [-0.2, -0.15) is 0 Å². The summed E-state index contributed by atoms with van der Waals surface area (Å²) >= 11 is 6.83. The van der Waals surface area contributed by atoms with E-state index in [9.17, 15) is 0 Å². The Bertz CT molecular complexity index is 1320.